The fourth-order valence-corrected chi connectivity index (χ4v) is 2.50. The summed E-state index contributed by atoms with van der Waals surface area (Å²) in [7, 11) is 0. The number of hydrazone groups is 1. The molecule has 120 valence electrons. The molecule has 23 heavy (non-hydrogen) atoms. The van der Waals surface area contributed by atoms with Crippen molar-refractivity contribution in [1.29, 1.82) is 0 Å². The third kappa shape index (κ3) is 4.60. The summed E-state index contributed by atoms with van der Waals surface area (Å²) in [6, 6.07) is 7.98. The minimum Gasteiger partial charge on any atom is -0.455 e. The van der Waals surface area contributed by atoms with Crippen LogP contribution in [-0.2, 0) is 0 Å². The predicted octanol–water partition coefficient (Wildman–Crippen LogP) is 3.44. The van der Waals surface area contributed by atoms with Crippen LogP contribution in [0.2, 0.25) is 0 Å². The van der Waals surface area contributed by atoms with Gasteiger partial charge in [-0.15, -0.1) is 0 Å². The summed E-state index contributed by atoms with van der Waals surface area (Å²) in [6.07, 6.45) is 1.49. The largest absolute Gasteiger partial charge is 0.455 e. The molecule has 2 rings (SSSR count). The molecule has 0 saturated heterocycles. The maximum atomic E-state index is 10.7. The first-order valence-corrected chi connectivity index (χ1v) is 7.82. The average molecular weight is 397 g/mol. The van der Waals surface area contributed by atoms with Crippen molar-refractivity contribution in [2.24, 2.45) is 5.10 Å². The molecule has 1 aromatic heterocycles. The number of nitro benzene ring substituents is 1. The summed E-state index contributed by atoms with van der Waals surface area (Å²) in [4.78, 5) is 10.3. The van der Waals surface area contributed by atoms with Gasteiger partial charge in [-0.3, -0.25) is 15.5 Å². The number of furan rings is 1. The smallest absolute Gasteiger partial charge is 0.270 e. The Morgan fingerprint density at radius 3 is 2.91 bits per heavy atom. The van der Waals surface area contributed by atoms with Crippen molar-refractivity contribution < 1.29 is 9.34 Å². The highest BCUT2D eigenvalue weighted by molar-refractivity contribution is 9.10. The van der Waals surface area contributed by atoms with Crippen molar-refractivity contribution in [3.05, 3.63) is 50.7 Å². The lowest BCUT2D eigenvalue weighted by Crippen LogP contribution is -2.31. The van der Waals surface area contributed by atoms with Gasteiger partial charge >= 0.3 is 0 Å². The molecule has 1 aromatic carbocycles. The molecule has 0 fully saturated rings. The Morgan fingerprint density at radius 1 is 1.48 bits per heavy atom. The second kappa shape index (κ2) is 7.84. The van der Waals surface area contributed by atoms with Gasteiger partial charge in [0.15, 0.2) is 5.11 Å². The van der Waals surface area contributed by atoms with Crippen molar-refractivity contribution >= 4 is 45.2 Å². The molecule has 0 saturated carbocycles. The summed E-state index contributed by atoms with van der Waals surface area (Å²) in [5.41, 5.74) is 3.38. The summed E-state index contributed by atoms with van der Waals surface area (Å²) >= 11 is 8.29. The Bertz CT molecular complexity index is 760. The molecule has 0 aliphatic rings. The number of non-ortho nitro benzene ring substituents is 1. The lowest BCUT2D eigenvalue weighted by molar-refractivity contribution is -0.384. The molecule has 9 heteroatoms. The van der Waals surface area contributed by atoms with E-state index in [1.807, 2.05) is 6.92 Å². The highest BCUT2D eigenvalue weighted by Crippen LogP contribution is 2.32. The van der Waals surface area contributed by atoms with E-state index in [2.05, 4.69) is 31.8 Å². The molecule has 0 spiro atoms. The van der Waals surface area contributed by atoms with Crippen LogP contribution < -0.4 is 10.7 Å². The third-order valence-electron chi connectivity index (χ3n) is 2.75. The number of hydrogen-bond acceptors (Lipinski definition) is 5. The van der Waals surface area contributed by atoms with E-state index in [4.69, 9.17) is 16.6 Å². The lowest BCUT2D eigenvalue weighted by atomic mass is 10.1. The van der Waals surface area contributed by atoms with Gasteiger partial charge in [0.25, 0.3) is 5.69 Å². The van der Waals surface area contributed by atoms with Crippen LogP contribution in [-0.4, -0.2) is 22.8 Å². The molecule has 0 amide bonds. The van der Waals surface area contributed by atoms with Gasteiger partial charge in [0, 0.05) is 28.7 Å². The molecular formula is C14H13BrN4O3S. The molecule has 0 aliphatic carbocycles. The van der Waals surface area contributed by atoms with Gasteiger partial charge in [-0.1, -0.05) is 0 Å². The lowest BCUT2D eigenvalue weighted by Gasteiger charge is -2.02. The topological polar surface area (TPSA) is 92.7 Å². The van der Waals surface area contributed by atoms with Crippen molar-refractivity contribution in [3.63, 3.8) is 0 Å². The van der Waals surface area contributed by atoms with Crippen molar-refractivity contribution in [2.75, 3.05) is 6.54 Å². The van der Waals surface area contributed by atoms with Gasteiger partial charge in [0.2, 0.25) is 0 Å². The van der Waals surface area contributed by atoms with E-state index in [1.54, 1.807) is 18.2 Å². The highest BCUT2D eigenvalue weighted by atomic mass is 79.9. The van der Waals surface area contributed by atoms with E-state index < -0.39 is 4.92 Å². The minimum absolute atomic E-state index is 0.00936. The maximum absolute atomic E-state index is 10.7. The van der Waals surface area contributed by atoms with E-state index in [-0.39, 0.29) is 5.69 Å². The highest BCUT2D eigenvalue weighted by Gasteiger charge is 2.12. The SMILES string of the molecule is CCNC(=S)N/N=C\c1ccc(-c2ccc([N+](=O)[O-])cc2Br)o1. The van der Waals surface area contributed by atoms with Crippen LogP contribution >= 0.6 is 28.1 Å². The zero-order chi connectivity index (χ0) is 16.8. The van der Waals surface area contributed by atoms with Gasteiger partial charge in [-0.2, -0.15) is 5.10 Å². The van der Waals surface area contributed by atoms with Gasteiger partial charge < -0.3 is 9.73 Å². The molecule has 0 bridgehead atoms. The zero-order valence-electron chi connectivity index (χ0n) is 12.1. The normalized spacial score (nSPS) is 10.7. The van der Waals surface area contributed by atoms with E-state index in [0.717, 1.165) is 0 Å². The van der Waals surface area contributed by atoms with Crippen LogP contribution in [0.25, 0.3) is 11.3 Å². The number of nitrogens with one attached hydrogen (secondary N) is 2. The Kier molecular flexibility index (Phi) is 5.83. The van der Waals surface area contributed by atoms with Gasteiger partial charge in [0.1, 0.15) is 11.5 Å². The molecule has 0 aliphatic heterocycles. The molecule has 7 nitrogen and oxygen atoms in total. The molecule has 0 atom stereocenters. The Hall–Kier alpha value is -2.26. The molecule has 1 heterocycles. The summed E-state index contributed by atoms with van der Waals surface area (Å²) in [5.74, 6) is 1.10. The summed E-state index contributed by atoms with van der Waals surface area (Å²) in [6.45, 7) is 2.64. The Morgan fingerprint density at radius 2 is 2.26 bits per heavy atom. The van der Waals surface area contributed by atoms with Crippen LogP contribution in [0.3, 0.4) is 0 Å². The molecule has 2 N–H and O–H groups in total. The first kappa shape index (κ1) is 17.1. The predicted molar refractivity (Wildman–Crippen MR) is 95.5 cm³/mol. The average Bonchev–Trinajstić information content (AvgIpc) is 2.96. The quantitative estimate of drug-likeness (QED) is 0.348. The number of halogens is 1. The van der Waals surface area contributed by atoms with E-state index in [0.29, 0.717) is 33.2 Å². The van der Waals surface area contributed by atoms with Gasteiger partial charge in [-0.05, 0) is 53.3 Å². The number of nitro groups is 1. The first-order valence-electron chi connectivity index (χ1n) is 6.62. The van der Waals surface area contributed by atoms with Crippen LogP contribution in [0.5, 0.6) is 0 Å². The van der Waals surface area contributed by atoms with Crippen LogP contribution in [0.1, 0.15) is 12.7 Å². The zero-order valence-corrected chi connectivity index (χ0v) is 14.5. The number of benzene rings is 1. The van der Waals surface area contributed by atoms with Crippen molar-refractivity contribution in [3.8, 4) is 11.3 Å². The molecule has 2 aromatic rings. The van der Waals surface area contributed by atoms with Crippen molar-refractivity contribution in [2.45, 2.75) is 6.92 Å². The second-order valence-corrected chi connectivity index (χ2v) is 5.62. The molecule has 0 radical (unpaired) electrons. The second-order valence-electron chi connectivity index (χ2n) is 4.35. The van der Waals surface area contributed by atoms with E-state index >= 15 is 0 Å². The summed E-state index contributed by atoms with van der Waals surface area (Å²) in [5, 5.41) is 18.0. The molecule has 0 unspecified atom stereocenters. The monoisotopic (exact) mass is 396 g/mol. The first-order chi connectivity index (χ1) is 11.0. The number of hydrogen-bond donors (Lipinski definition) is 2. The maximum Gasteiger partial charge on any atom is 0.270 e. The Balaban J connectivity index is 2.11. The minimum atomic E-state index is -0.451. The van der Waals surface area contributed by atoms with Crippen molar-refractivity contribution in [1.82, 2.24) is 10.7 Å². The fraction of sp³-hybridized carbons (Fsp3) is 0.143. The van der Waals surface area contributed by atoms with E-state index in [1.165, 1.54) is 18.3 Å². The standard InChI is InChI=1S/C14H13BrN4O3S/c1-2-16-14(23)18-17-8-10-4-6-13(22-10)11-5-3-9(19(20)21)7-12(11)15/h3-8H,2H2,1H3,(H2,16,18,23)/b17-8-. The Labute approximate surface area is 146 Å². The van der Waals surface area contributed by atoms with Crippen LogP contribution in [0, 0.1) is 10.1 Å². The van der Waals surface area contributed by atoms with Crippen LogP contribution in [0.15, 0.2) is 44.3 Å². The van der Waals surface area contributed by atoms with Gasteiger partial charge in [-0.25, -0.2) is 0 Å². The van der Waals surface area contributed by atoms with Crippen LogP contribution in [0.4, 0.5) is 5.69 Å². The third-order valence-corrected chi connectivity index (χ3v) is 3.64. The van der Waals surface area contributed by atoms with E-state index in [9.17, 15) is 10.1 Å². The number of thiocarbonyl (C=S) groups is 1. The number of nitrogens with zero attached hydrogens (tertiary/aromatic N) is 2. The molecular weight excluding hydrogens is 384 g/mol. The number of rotatable bonds is 5. The van der Waals surface area contributed by atoms with Gasteiger partial charge in [0.05, 0.1) is 11.1 Å². The fourth-order valence-electron chi connectivity index (χ4n) is 1.74. The summed E-state index contributed by atoms with van der Waals surface area (Å²) < 4.78 is 6.22.